The Kier molecular flexibility index (Phi) is 3.81. The third-order valence-corrected chi connectivity index (χ3v) is 9.28. The average molecular weight is 432 g/mol. The molecule has 3 aliphatic carbocycles. The van der Waals surface area contributed by atoms with Gasteiger partial charge in [0.1, 0.15) is 11.9 Å². The van der Waals surface area contributed by atoms with Crippen LogP contribution in [-0.4, -0.2) is 22.8 Å². The van der Waals surface area contributed by atoms with Crippen LogP contribution in [0.15, 0.2) is 48.7 Å². The van der Waals surface area contributed by atoms with Gasteiger partial charge in [-0.2, -0.15) is 0 Å². The van der Waals surface area contributed by atoms with E-state index in [0.29, 0.717) is 12.8 Å². The molecule has 3 spiro atoms. The lowest BCUT2D eigenvalue weighted by Gasteiger charge is -2.50. The molecule has 2 heterocycles. The van der Waals surface area contributed by atoms with Crippen molar-refractivity contribution in [1.82, 2.24) is 4.98 Å². The number of hydrogen-bond acceptors (Lipinski definition) is 4. The molecule has 4 fully saturated rings. The molecule has 32 heavy (non-hydrogen) atoms. The van der Waals surface area contributed by atoms with Crippen LogP contribution in [-0.2, 0) is 14.3 Å². The predicted octanol–water partition coefficient (Wildman–Crippen LogP) is 5.08. The highest BCUT2D eigenvalue weighted by molar-refractivity contribution is 6.08. The van der Waals surface area contributed by atoms with Crippen molar-refractivity contribution < 1.29 is 18.7 Å². The Morgan fingerprint density at radius 2 is 1.91 bits per heavy atom. The SMILES string of the molecule is C[C@@H]1[C@@H](C)C23C[C@]24CC(C3=O)([C@@H](C)OC4=O)[C@H]1/C=C/c1ccc(-c2cccc(F)c2)cn1. The molecule has 1 aromatic carbocycles. The molecule has 1 aromatic heterocycles. The molecular formula is C27H26FNO3. The fraction of sp³-hybridized carbons (Fsp3) is 0.444. The van der Waals surface area contributed by atoms with Crippen LogP contribution < -0.4 is 0 Å². The maximum absolute atomic E-state index is 13.8. The first-order valence-corrected chi connectivity index (χ1v) is 11.4. The zero-order valence-corrected chi connectivity index (χ0v) is 18.5. The van der Waals surface area contributed by atoms with Crippen LogP contribution in [0, 0.1) is 39.8 Å². The maximum atomic E-state index is 13.8. The second-order valence-electron chi connectivity index (χ2n) is 10.3. The zero-order chi connectivity index (χ0) is 22.5. The first-order chi connectivity index (χ1) is 15.3. The highest BCUT2D eigenvalue weighted by Crippen LogP contribution is 2.86. The number of rotatable bonds is 3. The van der Waals surface area contributed by atoms with Gasteiger partial charge in [-0.15, -0.1) is 0 Å². The number of ketones is 1. The largest absolute Gasteiger partial charge is 0.461 e. The molecule has 0 radical (unpaired) electrons. The van der Waals surface area contributed by atoms with Crippen molar-refractivity contribution in [2.45, 2.75) is 39.7 Å². The second kappa shape index (κ2) is 6.15. The van der Waals surface area contributed by atoms with Gasteiger partial charge >= 0.3 is 5.97 Å². The molecule has 0 amide bonds. The lowest BCUT2D eigenvalue weighted by molar-refractivity contribution is -0.178. The Labute approximate surface area is 186 Å². The zero-order valence-electron chi connectivity index (χ0n) is 18.5. The van der Waals surface area contributed by atoms with Gasteiger partial charge in [-0.1, -0.05) is 38.1 Å². The van der Waals surface area contributed by atoms with E-state index in [1.54, 1.807) is 12.3 Å². The number of nitrogens with zero attached hydrogens (tertiary/aromatic N) is 1. The maximum Gasteiger partial charge on any atom is 0.313 e. The van der Waals surface area contributed by atoms with Crippen molar-refractivity contribution in [1.29, 1.82) is 0 Å². The van der Waals surface area contributed by atoms with Crippen molar-refractivity contribution in [3.05, 3.63) is 60.2 Å². The van der Waals surface area contributed by atoms with Gasteiger partial charge in [0.15, 0.2) is 5.78 Å². The fourth-order valence-electron chi connectivity index (χ4n) is 7.44. The molecule has 7 atom stereocenters. The van der Waals surface area contributed by atoms with Gasteiger partial charge < -0.3 is 4.74 Å². The van der Waals surface area contributed by atoms with Crippen molar-refractivity contribution >= 4 is 17.8 Å². The molecule has 1 saturated heterocycles. The lowest BCUT2D eigenvalue weighted by atomic mass is 9.54. The number of Topliss-reactive ketones (excluding diaryl/α,β-unsaturated/α-hetero) is 1. The second-order valence-corrected chi connectivity index (χ2v) is 10.3. The number of esters is 1. The number of cyclic esters (lactones) is 1. The number of benzene rings is 1. The summed E-state index contributed by atoms with van der Waals surface area (Å²) in [4.78, 5) is 31.1. The number of allylic oxidation sites excluding steroid dienone is 1. The molecule has 4 nitrogen and oxygen atoms in total. The molecule has 164 valence electrons. The highest BCUT2D eigenvalue weighted by Gasteiger charge is 2.92. The van der Waals surface area contributed by atoms with Crippen LogP contribution in [0.5, 0.6) is 0 Å². The number of ether oxygens (including phenoxy) is 1. The molecule has 6 rings (SSSR count). The average Bonchev–Trinajstić information content (AvgIpc) is 3.41. The molecule has 1 aliphatic heterocycles. The van der Waals surface area contributed by atoms with Crippen LogP contribution in [0.3, 0.4) is 0 Å². The van der Waals surface area contributed by atoms with Crippen LogP contribution >= 0.6 is 0 Å². The van der Waals surface area contributed by atoms with Crippen molar-refractivity contribution in [2.75, 3.05) is 0 Å². The van der Waals surface area contributed by atoms with Crippen LogP contribution in [0.2, 0.25) is 0 Å². The van der Waals surface area contributed by atoms with E-state index >= 15 is 0 Å². The van der Waals surface area contributed by atoms with Crippen molar-refractivity contribution in [2.24, 2.45) is 34.0 Å². The molecule has 3 saturated carbocycles. The Morgan fingerprint density at radius 1 is 1.09 bits per heavy atom. The van der Waals surface area contributed by atoms with Gasteiger partial charge in [0.25, 0.3) is 0 Å². The van der Waals surface area contributed by atoms with Crippen LogP contribution in [0.25, 0.3) is 17.2 Å². The predicted molar refractivity (Wildman–Crippen MR) is 118 cm³/mol. The highest BCUT2D eigenvalue weighted by atomic mass is 19.1. The fourth-order valence-corrected chi connectivity index (χ4v) is 7.44. The third-order valence-electron chi connectivity index (χ3n) is 9.28. The molecule has 4 aliphatic rings. The number of aromatic nitrogens is 1. The van der Waals surface area contributed by atoms with Crippen LogP contribution in [0.1, 0.15) is 39.3 Å². The monoisotopic (exact) mass is 431 g/mol. The summed E-state index contributed by atoms with van der Waals surface area (Å²) in [6.45, 7) is 6.23. The van der Waals surface area contributed by atoms with E-state index in [1.165, 1.54) is 12.1 Å². The number of carbonyl (C=O) groups is 2. The van der Waals surface area contributed by atoms with E-state index in [9.17, 15) is 14.0 Å². The van der Waals surface area contributed by atoms with Crippen molar-refractivity contribution in [3.63, 3.8) is 0 Å². The van der Waals surface area contributed by atoms with Gasteiger partial charge in [0, 0.05) is 17.2 Å². The topological polar surface area (TPSA) is 56.3 Å². The summed E-state index contributed by atoms with van der Waals surface area (Å²) in [5.74, 6) is 0.206. The summed E-state index contributed by atoms with van der Waals surface area (Å²) in [7, 11) is 0. The Balaban J connectivity index is 1.33. The van der Waals surface area contributed by atoms with Gasteiger partial charge in [-0.3, -0.25) is 14.6 Å². The summed E-state index contributed by atoms with van der Waals surface area (Å²) in [6.07, 6.45) is 6.70. The summed E-state index contributed by atoms with van der Waals surface area (Å²) in [5, 5.41) is 0. The van der Waals surface area contributed by atoms with Crippen LogP contribution in [0.4, 0.5) is 4.39 Å². The number of hydrogen-bond donors (Lipinski definition) is 0. The first kappa shape index (κ1) is 19.8. The summed E-state index contributed by atoms with van der Waals surface area (Å²) in [5.41, 5.74) is 0.693. The van der Waals surface area contributed by atoms with E-state index in [2.05, 4.69) is 24.9 Å². The van der Waals surface area contributed by atoms with Crippen molar-refractivity contribution in [3.8, 4) is 11.1 Å². The van der Waals surface area contributed by atoms with Gasteiger partial charge in [0.05, 0.1) is 16.5 Å². The van der Waals surface area contributed by atoms with E-state index < -0.39 is 22.3 Å². The molecule has 2 aromatic rings. The van der Waals surface area contributed by atoms with E-state index in [1.807, 2.05) is 31.2 Å². The van der Waals surface area contributed by atoms with Gasteiger partial charge in [-0.05, 0) is 67.4 Å². The quantitative estimate of drug-likeness (QED) is 0.636. The summed E-state index contributed by atoms with van der Waals surface area (Å²) < 4.78 is 19.3. The minimum Gasteiger partial charge on any atom is -0.461 e. The molecular weight excluding hydrogens is 405 g/mol. The van der Waals surface area contributed by atoms with Gasteiger partial charge in [-0.25, -0.2) is 4.39 Å². The van der Waals surface area contributed by atoms with E-state index in [0.717, 1.165) is 16.8 Å². The Morgan fingerprint density at radius 3 is 2.62 bits per heavy atom. The Bertz CT molecular complexity index is 1190. The number of pyridine rings is 1. The normalized spacial score (nSPS) is 41.5. The lowest BCUT2D eigenvalue weighted by Crippen LogP contribution is -2.56. The molecule has 3 bridgehead atoms. The minimum absolute atomic E-state index is 0.00639. The Hall–Kier alpha value is -2.82. The molecule has 0 N–H and O–H groups in total. The number of halogens is 1. The van der Waals surface area contributed by atoms with E-state index in [-0.39, 0.29) is 35.3 Å². The molecule has 5 heteroatoms. The summed E-state index contributed by atoms with van der Waals surface area (Å²) in [6, 6.07) is 10.3. The molecule has 2 unspecified atom stereocenters. The first-order valence-electron chi connectivity index (χ1n) is 11.4. The standard InChI is InChI=1S/C27H26FNO3/c1-15-16(2)27-14-25(27)13-26(23(27)30,17(3)32-24(25)31)22(15)10-9-21-8-7-19(12-29-21)18-5-4-6-20(28)11-18/h4-12,15-17,22H,13-14H2,1-3H3/b10-9+/t15-,16-,17-,22+,25+,26?,27?/m1/s1. The minimum atomic E-state index is -0.629. The third kappa shape index (κ3) is 2.15. The van der Waals surface area contributed by atoms with Gasteiger partial charge in [0.2, 0.25) is 0 Å². The number of carbonyl (C=O) groups excluding carboxylic acids is 2. The summed E-state index contributed by atoms with van der Waals surface area (Å²) >= 11 is 0. The smallest absolute Gasteiger partial charge is 0.313 e. The van der Waals surface area contributed by atoms with E-state index in [4.69, 9.17) is 4.74 Å².